The molecule has 0 unspecified atom stereocenters. The molecule has 0 bridgehead atoms. The Morgan fingerprint density at radius 2 is 1.83 bits per heavy atom. The number of benzene rings is 2. The van der Waals surface area contributed by atoms with Gasteiger partial charge in [0.15, 0.2) is 0 Å². The van der Waals surface area contributed by atoms with Gasteiger partial charge in [-0.3, -0.25) is 9.59 Å². The van der Waals surface area contributed by atoms with Crippen LogP contribution in [0.15, 0.2) is 42.5 Å². The van der Waals surface area contributed by atoms with Gasteiger partial charge in [0, 0.05) is 0 Å². The number of amides is 2. The molecule has 0 aliphatic heterocycles. The van der Waals surface area contributed by atoms with Gasteiger partial charge in [0.25, 0.3) is 5.91 Å². The number of carbonyl (C=O) groups excluding carboxylic acids is 2. The van der Waals surface area contributed by atoms with Crippen molar-refractivity contribution in [1.82, 2.24) is 5.32 Å². The van der Waals surface area contributed by atoms with Crippen molar-refractivity contribution in [3.8, 4) is 12.3 Å². The highest BCUT2D eigenvalue weighted by atomic mass is 35.5. The summed E-state index contributed by atoms with van der Waals surface area (Å²) in [5.41, 5.74) is 1.48. The van der Waals surface area contributed by atoms with Gasteiger partial charge in [-0.15, -0.1) is 6.42 Å². The molecule has 0 aliphatic carbocycles. The Balaban J connectivity index is 2.10. The molecule has 6 heteroatoms. The number of terminal acetylenes is 1. The van der Waals surface area contributed by atoms with Crippen LogP contribution in [-0.4, -0.2) is 18.4 Å². The lowest BCUT2D eigenvalue weighted by molar-refractivity contribution is -0.115. The summed E-state index contributed by atoms with van der Waals surface area (Å²) in [6.45, 7) is 0.115. The maximum atomic E-state index is 12.2. The highest BCUT2D eigenvalue weighted by Crippen LogP contribution is 2.23. The molecule has 122 valence electrons. The molecule has 24 heavy (non-hydrogen) atoms. The zero-order valence-electron chi connectivity index (χ0n) is 12.6. The van der Waals surface area contributed by atoms with E-state index < -0.39 is 0 Å². The molecule has 2 aromatic rings. The summed E-state index contributed by atoms with van der Waals surface area (Å²) < 4.78 is 0. The Morgan fingerprint density at radius 3 is 2.54 bits per heavy atom. The summed E-state index contributed by atoms with van der Waals surface area (Å²) in [7, 11) is 0. The van der Waals surface area contributed by atoms with Gasteiger partial charge in [0.05, 0.1) is 34.3 Å². The van der Waals surface area contributed by atoms with Crippen molar-refractivity contribution in [3.63, 3.8) is 0 Å². The molecule has 0 spiro atoms. The number of nitrogens with one attached hydrogen (secondary N) is 2. The number of rotatable bonds is 5. The maximum absolute atomic E-state index is 12.2. The van der Waals surface area contributed by atoms with Crippen LogP contribution in [0.25, 0.3) is 0 Å². The van der Waals surface area contributed by atoms with Crippen LogP contribution in [0.2, 0.25) is 10.0 Å². The number of anilines is 1. The minimum absolute atomic E-state index is 0.108. The Hall–Kier alpha value is -2.48. The fourth-order valence-electron chi connectivity index (χ4n) is 2.05. The van der Waals surface area contributed by atoms with E-state index in [0.717, 1.165) is 5.56 Å². The summed E-state index contributed by atoms with van der Waals surface area (Å²) in [6, 6.07) is 11.7. The molecule has 2 aromatic carbocycles. The van der Waals surface area contributed by atoms with E-state index in [9.17, 15) is 9.59 Å². The maximum Gasteiger partial charge on any atom is 0.254 e. The van der Waals surface area contributed by atoms with Crippen molar-refractivity contribution in [3.05, 3.63) is 63.6 Å². The third-order valence-corrected chi connectivity index (χ3v) is 3.88. The van der Waals surface area contributed by atoms with Crippen molar-refractivity contribution >= 4 is 40.7 Å². The SMILES string of the molecule is C#CCNC(=O)c1ccccc1NC(=O)Cc1ccc(Cl)c(Cl)c1. The number of hydrogen-bond donors (Lipinski definition) is 2. The summed E-state index contributed by atoms with van der Waals surface area (Å²) in [6.07, 6.45) is 5.24. The molecule has 2 N–H and O–H groups in total. The smallest absolute Gasteiger partial charge is 0.254 e. The number of hydrogen-bond acceptors (Lipinski definition) is 2. The molecular weight excluding hydrogens is 347 g/mol. The molecule has 0 aromatic heterocycles. The van der Waals surface area contributed by atoms with Crippen LogP contribution in [0, 0.1) is 12.3 Å². The Labute approximate surface area is 150 Å². The van der Waals surface area contributed by atoms with Crippen molar-refractivity contribution in [2.24, 2.45) is 0 Å². The molecule has 0 atom stereocenters. The monoisotopic (exact) mass is 360 g/mol. The minimum Gasteiger partial charge on any atom is -0.341 e. The van der Waals surface area contributed by atoms with Gasteiger partial charge in [0.2, 0.25) is 5.91 Å². The normalized spacial score (nSPS) is 9.88. The second kappa shape index (κ2) is 8.39. The highest BCUT2D eigenvalue weighted by molar-refractivity contribution is 6.42. The van der Waals surface area contributed by atoms with E-state index >= 15 is 0 Å². The summed E-state index contributed by atoms with van der Waals surface area (Å²) in [5, 5.41) is 6.10. The first-order chi connectivity index (χ1) is 11.5. The van der Waals surface area contributed by atoms with E-state index in [1.807, 2.05) is 0 Å². The van der Waals surface area contributed by atoms with Crippen LogP contribution >= 0.6 is 23.2 Å². The molecule has 4 nitrogen and oxygen atoms in total. The molecule has 2 rings (SSSR count). The molecule has 0 saturated heterocycles. The van der Waals surface area contributed by atoms with Gasteiger partial charge >= 0.3 is 0 Å². The van der Waals surface area contributed by atoms with Crippen LogP contribution in [0.4, 0.5) is 5.69 Å². The van der Waals surface area contributed by atoms with Crippen molar-refractivity contribution < 1.29 is 9.59 Å². The van der Waals surface area contributed by atoms with Gasteiger partial charge in [-0.25, -0.2) is 0 Å². The topological polar surface area (TPSA) is 58.2 Å². The van der Waals surface area contributed by atoms with E-state index in [1.165, 1.54) is 0 Å². The minimum atomic E-state index is -0.349. The molecule has 0 fully saturated rings. The van der Waals surface area contributed by atoms with Crippen LogP contribution < -0.4 is 10.6 Å². The van der Waals surface area contributed by atoms with Gasteiger partial charge in [-0.1, -0.05) is 47.3 Å². The standard InChI is InChI=1S/C18H14Cl2N2O2/c1-2-9-21-18(24)13-5-3-4-6-16(13)22-17(23)11-12-7-8-14(19)15(20)10-12/h1,3-8,10H,9,11H2,(H,21,24)(H,22,23). The molecule has 0 aliphatic rings. The molecule has 0 heterocycles. The van der Waals surface area contributed by atoms with E-state index in [1.54, 1.807) is 42.5 Å². The van der Waals surface area contributed by atoms with Gasteiger partial charge < -0.3 is 10.6 Å². The largest absolute Gasteiger partial charge is 0.341 e. The zero-order chi connectivity index (χ0) is 17.5. The zero-order valence-corrected chi connectivity index (χ0v) is 14.1. The Bertz CT molecular complexity index is 813. The average Bonchev–Trinajstić information content (AvgIpc) is 2.56. The van der Waals surface area contributed by atoms with E-state index in [2.05, 4.69) is 16.6 Å². The lowest BCUT2D eigenvalue weighted by atomic mass is 10.1. The third-order valence-electron chi connectivity index (χ3n) is 3.15. The van der Waals surface area contributed by atoms with E-state index in [0.29, 0.717) is 21.3 Å². The number of carbonyl (C=O) groups is 2. The van der Waals surface area contributed by atoms with Gasteiger partial charge in [0.1, 0.15) is 0 Å². The molecule has 0 radical (unpaired) electrons. The average molecular weight is 361 g/mol. The summed E-state index contributed by atoms with van der Waals surface area (Å²) in [5.74, 6) is 1.71. The van der Waals surface area contributed by atoms with Crippen LogP contribution in [0.1, 0.15) is 15.9 Å². The summed E-state index contributed by atoms with van der Waals surface area (Å²) >= 11 is 11.8. The predicted octanol–water partition coefficient (Wildman–Crippen LogP) is 3.54. The van der Waals surface area contributed by atoms with Crippen LogP contribution in [-0.2, 0) is 11.2 Å². The van der Waals surface area contributed by atoms with Crippen LogP contribution in [0.3, 0.4) is 0 Å². The summed E-state index contributed by atoms with van der Waals surface area (Å²) in [4.78, 5) is 24.3. The van der Waals surface area contributed by atoms with Crippen LogP contribution in [0.5, 0.6) is 0 Å². The third kappa shape index (κ3) is 4.76. The fourth-order valence-corrected chi connectivity index (χ4v) is 2.37. The Morgan fingerprint density at radius 1 is 1.08 bits per heavy atom. The first-order valence-corrected chi connectivity index (χ1v) is 7.81. The molecular formula is C18H14Cl2N2O2. The van der Waals surface area contributed by atoms with Gasteiger partial charge in [-0.2, -0.15) is 0 Å². The van der Waals surface area contributed by atoms with E-state index in [-0.39, 0.29) is 24.8 Å². The van der Waals surface area contributed by atoms with Crippen molar-refractivity contribution in [1.29, 1.82) is 0 Å². The fraction of sp³-hybridized carbons (Fsp3) is 0.111. The Kier molecular flexibility index (Phi) is 6.25. The predicted molar refractivity (Wildman–Crippen MR) is 96.4 cm³/mol. The van der Waals surface area contributed by atoms with Crippen molar-refractivity contribution in [2.45, 2.75) is 6.42 Å². The lowest BCUT2D eigenvalue weighted by Gasteiger charge is -2.11. The second-order valence-corrected chi connectivity index (χ2v) is 5.72. The highest BCUT2D eigenvalue weighted by Gasteiger charge is 2.13. The van der Waals surface area contributed by atoms with Gasteiger partial charge in [-0.05, 0) is 29.8 Å². The number of para-hydroxylation sites is 1. The lowest BCUT2D eigenvalue weighted by Crippen LogP contribution is -2.25. The molecule has 2 amide bonds. The van der Waals surface area contributed by atoms with E-state index in [4.69, 9.17) is 29.6 Å². The molecule has 0 saturated carbocycles. The quantitative estimate of drug-likeness (QED) is 0.801. The first kappa shape index (κ1) is 17.9. The second-order valence-electron chi connectivity index (χ2n) is 4.91. The number of halogens is 2. The first-order valence-electron chi connectivity index (χ1n) is 7.05. The van der Waals surface area contributed by atoms with Crippen molar-refractivity contribution in [2.75, 3.05) is 11.9 Å².